The fraction of sp³-hybridized carbons (Fsp3) is 0.500. The monoisotopic (exact) mass is 430 g/mol. The van der Waals surface area contributed by atoms with Crippen LogP contribution in [-0.2, 0) is 6.51 Å². The Bertz CT molecular complexity index is 1470. The molecular formula is C24H23FeO2P. The van der Waals surface area contributed by atoms with Crippen molar-refractivity contribution in [2.45, 2.75) is 47.4 Å². The number of para-hydroxylation sites is 2. The summed E-state index contributed by atoms with van der Waals surface area (Å²) < 4.78 is 12.8. The molecular weight excluding hydrogens is 407 g/mol. The number of fused-ring (bicyclic) bond motifs is 10. The molecule has 10 heterocycles. The van der Waals surface area contributed by atoms with Gasteiger partial charge in [-0.05, 0) is 0 Å². The molecule has 2 aromatic carbocycles. The first-order valence-corrected chi connectivity index (χ1v) is 18.4. The molecule has 28 heavy (non-hydrogen) atoms. The van der Waals surface area contributed by atoms with Crippen molar-refractivity contribution in [3.8, 4) is 11.5 Å². The van der Waals surface area contributed by atoms with Gasteiger partial charge < -0.3 is 0 Å². The van der Waals surface area contributed by atoms with E-state index in [1.165, 1.54) is 54.0 Å². The van der Waals surface area contributed by atoms with Crippen LogP contribution in [0.3, 0.4) is 0 Å². The second kappa shape index (κ2) is 1.56. The van der Waals surface area contributed by atoms with Gasteiger partial charge in [-0.1, -0.05) is 0 Å². The Labute approximate surface area is 156 Å². The van der Waals surface area contributed by atoms with Crippen LogP contribution in [0, 0.1) is 0 Å². The van der Waals surface area contributed by atoms with Crippen molar-refractivity contribution in [1.29, 1.82) is 0 Å². The third-order valence-corrected chi connectivity index (χ3v) is 67.0. The third kappa shape index (κ3) is 0.226. The summed E-state index contributed by atoms with van der Waals surface area (Å²) in [5.41, 5.74) is 0. The molecule has 0 saturated carbocycles. The van der Waals surface area contributed by atoms with Gasteiger partial charge in [-0.15, -0.1) is 0 Å². The molecule has 0 aliphatic carbocycles. The summed E-state index contributed by atoms with van der Waals surface area (Å²) in [4.78, 5) is 12.0. The topological polar surface area (TPSA) is 18.5 Å². The second-order valence-electron chi connectivity index (χ2n) is 13.3. The standard InChI is InChI=1S/C19H18O2P.C5H5.Fe/c1-20-16-11-5-7-13-18(16)22(15-9-3-4-10-15)19-14-8-6-12-17(19)21-2;1-2-4-5-3-1;/h3-14H,1-2H3;1-5H;. The van der Waals surface area contributed by atoms with Crippen molar-refractivity contribution in [2.75, 3.05) is 14.2 Å². The second-order valence-corrected chi connectivity index (χ2v) is 39.7. The normalized spacial score (nSPS) is 76.8. The van der Waals surface area contributed by atoms with Crippen molar-refractivity contribution in [1.82, 2.24) is 0 Å². The van der Waals surface area contributed by atoms with Gasteiger partial charge in [-0.3, -0.25) is 0 Å². The van der Waals surface area contributed by atoms with E-state index in [2.05, 4.69) is 48.5 Å². The molecule has 0 aromatic heterocycles. The van der Waals surface area contributed by atoms with E-state index in [0.717, 1.165) is 15.6 Å². The molecule has 4 unspecified atom stereocenters. The summed E-state index contributed by atoms with van der Waals surface area (Å²) in [6.07, 6.45) is 0. The van der Waals surface area contributed by atoms with Crippen LogP contribution in [0.15, 0.2) is 48.5 Å². The molecule has 2 aromatic rings. The minimum atomic E-state index is -3.27. The number of ether oxygens (including phenoxy) is 2. The van der Waals surface area contributed by atoms with Gasteiger partial charge in [-0.25, -0.2) is 0 Å². The van der Waals surface area contributed by atoms with E-state index >= 15 is 0 Å². The van der Waals surface area contributed by atoms with Crippen molar-refractivity contribution in [3.05, 3.63) is 48.5 Å². The van der Waals surface area contributed by atoms with E-state index < -0.39 is 6.51 Å². The van der Waals surface area contributed by atoms with Crippen LogP contribution < -0.4 is 20.1 Å². The number of methoxy groups -OCH3 is 2. The Morgan fingerprint density at radius 3 is 1.43 bits per heavy atom. The quantitative estimate of drug-likeness (QED) is 0.465. The Morgan fingerprint density at radius 2 is 1.11 bits per heavy atom. The number of rotatable bonds is 5. The van der Waals surface area contributed by atoms with Crippen LogP contribution >= 0.6 is 7.92 Å². The van der Waals surface area contributed by atoms with E-state index in [0.29, 0.717) is 0 Å². The Morgan fingerprint density at radius 1 is 0.679 bits per heavy atom. The van der Waals surface area contributed by atoms with Crippen LogP contribution in [0.4, 0.5) is 0 Å². The first-order valence-electron chi connectivity index (χ1n) is 10.8. The van der Waals surface area contributed by atoms with Crippen LogP contribution in [0.25, 0.3) is 0 Å². The van der Waals surface area contributed by atoms with Gasteiger partial charge in [0.05, 0.1) is 0 Å². The molecule has 0 radical (unpaired) electrons. The van der Waals surface area contributed by atoms with E-state index in [1.54, 1.807) is 0 Å². The van der Waals surface area contributed by atoms with Crippen LogP contribution in [0.1, 0.15) is 0 Å². The van der Waals surface area contributed by atoms with Crippen LogP contribution in [-0.4, -0.2) is 18.3 Å². The Balaban J connectivity index is 1.26. The SMILES string of the molecule is COc1ccccc1P(c1ccccc1OC)[C]12[CH]3[CH]4[CH]5[CH]1[Fe]45321678[CH]2[CH]1[CH]6[CH]7[CH]28. The predicted octanol–water partition coefficient (Wildman–Crippen LogP) is 5.43. The molecule has 144 valence electrons. The molecule has 0 amide bonds. The van der Waals surface area contributed by atoms with Crippen LogP contribution in [0.5, 0.6) is 11.5 Å². The molecule has 4 heteroatoms. The maximum atomic E-state index is 5.99. The van der Waals surface area contributed by atoms with Gasteiger partial charge >= 0.3 is 156 Å². The molecule has 2 nitrogen and oxygen atoms in total. The zero-order chi connectivity index (χ0) is 18.0. The van der Waals surface area contributed by atoms with Gasteiger partial charge in [0.1, 0.15) is 0 Å². The van der Waals surface area contributed by atoms with Crippen LogP contribution in [0.2, 0.25) is 43.3 Å². The average Bonchev–Trinajstić information content (AvgIpc) is 3.68. The summed E-state index contributed by atoms with van der Waals surface area (Å²) in [7, 11) is 3.36. The van der Waals surface area contributed by atoms with E-state index in [4.69, 9.17) is 9.47 Å². The first kappa shape index (κ1) is 12.6. The molecule has 0 bridgehead atoms. The predicted molar refractivity (Wildman–Crippen MR) is 109 cm³/mol. The van der Waals surface area contributed by atoms with Gasteiger partial charge in [-0.2, -0.15) is 0 Å². The molecule has 10 aliphatic rings. The van der Waals surface area contributed by atoms with Crippen molar-refractivity contribution in [2.24, 2.45) is 0 Å². The molecule has 4 atom stereocenters. The average molecular weight is 430 g/mol. The summed E-state index contributed by atoms with van der Waals surface area (Å²) in [6, 6.07) is 18.1. The summed E-state index contributed by atoms with van der Waals surface area (Å²) in [5.74, 6) is 2.27. The zero-order valence-corrected chi connectivity index (χ0v) is 17.9. The van der Waals surface area contributed by atoms with Crippen molar-refractivity contribution in [3.63, 3.8) is 0 Å². The molecule has 10 saturated heterocycles. The summed E-state index contributed by atoms with van der Waals surface area (Å²) >= 11 is 0. The van der Waals surface area contributed by atoms with E-state index in [-0.39, 0.29) is 7.92 Å². The zero-order valence-electron chi connectivity index (χ0n) is 15.9. The van der Waals surface area contributed by atoms with Gasteiger partial charge in [0.15, 0.2) is 0 Å². The van der Waals surface area contributed by atoms with Gasteiger partial charge in [0, 0.05) is 0 Å². The summed E-state index contributed by atoms with van der Waals surface area (Å²) in [6.45, 7) is -3.27. The molecule has 1 spiro atoms. The fourth-order valence-electron chi connectivity index (χ4n) is 18.8. The maximum absolute atomic E-state index is 5.99. The Kier molecular flexibility index (Phi) is 0.704. The number of hydrogen-bond acceptors (Lipinski definition) is 2. The molecule has 12 rings (SSSR count). The van der Waals surface area contributed by atoms with Crippen molar-refractivity contribution >= 4 is 18.5 Å². The van der Waals surface area contributed by atoms with E-state index in [1.807, 2.05) is 14.2 Å². The minimum absolute atomic E-state index is 0.372. The Hall–Kier alpha value is -1.01. The van der Waals surface area contributed by atoms with Crippen molar-refractivity contribution < 1.29 is 16.0 Å². The molecule has 0 N–H and O–H groups in total. The van der Waals surface area contributed by atoms with E-state index in [9.17, 15) is 0 Å². The third-order valence-electron chi connectivity index (χ3n) is 17.6. The summed E-state index contributed by atoms with van der Waals surface area (Å²) in [5, 5.41) is 3.08. The van der Waals surface area contributed by atoms with Gasteiger partial charge in [0.2, 0.25) is 0 Å². The molecule has 10 fully saturated rings. The molecule has 10 aliphatic heterocycles. The number of hydrogen-bond donors (Lipinski definition) is 0. The van der Waals surface area contributed by atoms with Gasteiger partial charge in [0.25, 0.3) is 0 Å². The number of benzene rings is 2. The first-order chi connectivity index (χ1) is 13.5. The fourth-order valence-corrected chi connectivity index (χ4v) is 107.